The molecule has 0 unspecified atom stereocenters. The number of anilines is 1. The Balaban J connectivity index is 1.70. The second-order valence-corrected chi connectivity index (χ2v) is 8.11. The Morgan fingerprint density at radius 1 is 1.21 bits per heavy atom. The predicted octanol–water partition coefficient (Wildman–Crippen LogP) is 3.34. The lowest BCUT2D eigenvalue weighted by molar-refractivity contribution is -0.141. The Kier molecular flexibility index (Phi) is 5.29. The van der Waals surface area contributed by atoms with Gasteiger partial charge in [-0.25, -0.2) is 4.98 Å². The van der Waals surface area contributed by atoms with Gasteiger partial charge in [-0.1, -0.05) is 29.0 Å². The second-order valence-electron chi connectivity index (χ2n) is 6.69. The third kappa shape index (κ3) is 3.86. The van der Waals surface area contributed by atoms with E-state index in [1.807, 2.05) is 25.1 Å². The maximum atomic E-state index is 13.1. The Bertz CT molecular complexity index is 1100. The fourth-order valence-corrected chi connectivity index (χ4v) is 4.33. The van der Waals surface area contributed by atoms with Crippen molar-refractivity contribution in [2.24, 2.45) is 0 Å². The number of pyridine rings is 1. The Morgan fingerprint density at radius 3 is 2.66 bits per heavy atom. The lowest BCUT2D eigenvalue weighted by atomic mass is 10.2. The maximum absolute atomic E-state index is 13.1. The number of amides is 3. The zero-order valence-corrected chi connectivity index (χ0v) is 17.2. The van der Waals surface area contributed by atoms with Crippen LogP contribution in [0.2, 0.25) is 5.02 Å². The van der Waals surface area contributed by atoms with E-state index in [-0.39, 0.29) is 43.7 Å². The molecule has 3 heterocycles. The summed E-state index contributed by atoms with van der Waals surface area (Å²) >= 11 is 7.56. The summed E-state index contributed by atoms with van der Waals surface area (Å²) in [6.07, 6.45) is 1.93. The number of fused-ring (bicyclic) bond motifs is 1. The minimum atomic E-state index is -0.387. The smallest absolute Gasteiger partial charge is 0.249 e. The second kappa shape index (κ2) is 7.88. The van der Waals surface area contributed by atoms with Crippen LogP contribution >= 0.6 is 22.9 Å². The molecule has 29 heavy (non-hydrogen) atoms. The summed E-state index contributed by atoms with van der Waals surface area (Å²) in [6.45, 7) is 1.75. The highest BCUT2D eigenvalue weighted by Gasteiger charge is 2.33. The molecule has 0 bridgehead atoms. The van der Waals surface area contributed by atoms with Gasteiger partial charge in [-0.15, -0.1) is 0 Å². The van der Waals surface area contributed by atoms with Crippen molar-refractivity contribution >= 4 is 56.0 Å². The van der Waals surface area contributed by atoms with E-state index in [0.29, 0.717) is 15.8 Å². The quantitative estimate of drug-likeness (QED) is 0.582. The first kappa shape index (κ1) is 19.5. The van der Waals surface area contributed by atoms with Gasteiger partial charge in [0.1, 0.15) is 6.54 Å². The Labute approximate surface area is 175 Å². The molecule has 2 aromatic heterocycles. The monoisotopic (exact) mass is 428 g/mol. The molecule has 0 N–H and O–H groups in total. The van der Waals surface area contributed by atoms with Gasteiger partial charge in [0, 0.05) is 24.1 Å². The molecule has 148 valence electrons. The molecule has 4 rings (SSSR count). The SMILES string of the molecule is Cc1c(Cl)ccc2sc(N(Cc3ccccn3)C(=O)CN3C(=O)CCC3=O)nc12. The van der Waals surface area contributed by atoms with Crippen LogP contribution in [0.1, 0.15) is 24.1 Å². The number of hydrogen-bond donors (Lipinski definition) is 0. The lowest BCUT2D eigenvalue weighted by Gasteiger charge is -2.22. The van der Waals surface area contributed by atoms with Crippen molar-refractivity contribution in [3.8, 4) is 0 Å². The van der Waals surface area contributed by atoms with Gasteiger partial charge in [-0.2, -0.15) is 0 Å². The van der Waals surface area contributed by atoms with Crippen LogP contribution in [0.5, 0.6) is 0 Å². The van der Waals surface area contributed by atoms with Crippen LogP contribution in [-0.2, 0) is 20.9 Å². The first-order valence-electron chi connectivity index (χ1n) is 9.03. The summed E-state index contributed by atoms with van der Waals surface area (Å²) in [5, 5.41) is 1.07. The molecule has 0 spiro atoms. The number of imide groups is 1. The third-order valence-corrected chi connectivity index (χ3v) is 6.22. The third-order valence-electron chi connectivity index (χ3n) is 4.76. The molecule has 9 heteroatoms. The number of aromatic nitrogens is 2. The number of hydrogen-bond acceptors (Lipinski definition) is 6. The van der Waals surface area contributed by atoms with E-state index in [1.165, 1.54) is 16.2 Å². The number of carbonyl (C=O) groups excluding carboxylic acids is 3. The molecule has 0 saturated carbocycles. The van der Waals surface area contributed by atoms with E-state index in [2.05, 4.69) is 9.97 Å². The molecule has 3 amide bonds. The molecule has 1 aliphatic rings. The largest absolute Gasteiger partial charge is 0.280 e. The number of aryl methyl sites for hydroxylation is 1. The first-order chi connectivity index (χ1) is 13.9. The standard InChI is InChI=1S/C20H17ClN4O3S/c1-12-14(21)5-6-15-19(12)23-20(29-15)25(10-13-4-2-3-9-22-13)18(28)11-24-16(26)7-8-17(24)27/h2-6,9H,7-8,10-11H2,1H3. The lowest BCUT2D eigenvalue weighted by Crippen LogP contribution is -2.42. The van der Waals surface area contributed by atoms with Crippen molar-refractivity contribution in [3.05, 3.63) is 52.8 Å². The van der Waals surface area contributed by atoms with Crippen molar-refractivity contribution in [1.29, 1.82) is 0 Å². The molecule has 1 aromatic carbocycles. The number of nitrogens with zero attached hydrogens (tertiary/aromatic N) is 4. The summed E-state index contributed by atoms with van der Waals surface area (Å²) < 4.78 is 0.897. The van der Waals surface area contributed by atoms with Crippen LogP contribution in [0.25, 0.3) is 10.2 Å². The molecule has 0 radical (unpaired) electrons. The number of halogens is 1. The maximum Gasteiger partial charge on any atom is 0.249 e. The summed E-state index contributed by atoms with van der Waals surface area (Å²) in [5.74, 6) is -1.04. The molecule has 0 aliphatic carbocycles. The zero-order chi connectivity index (χ0) is 20.5. The number of rotatable bonds is 5. The fraction of sp³-hybridized carbons (Fsp3) is 0.250. The topological polar surface area (TPSA) is 83.5 Å². The van der Waals surface area contributed by atoms with Crippen LogP contribution < -0.4 is 4.90 Å². The van der Waals surface area contributed by atoms with Crippen molar-refractivity contribution < 1.29 is 14.4 Å². The minimum Gasteiger partial charge on any atom is -0.280 e. The van der Waals surface area contributed by atoms with Crippen molar-refractivity contribution in [3.63, 3.8) is 0 Å². The summed E-state index contributed by atoms with van der Waals surface area (Å²) in [4.78, 5) is 48.4. The normalized spacial score (nSPS) is 14.1. The van der Waals surface area contributed by atoms with Crippen molar-refractivity contribution in [2.75, 3.05) is 11.4 Å². The summed E-state index contributed by atoms with van der Waals surface area (Å²) in [5.41, 5.74) is 2.24. The van der Waals surface area contributed by atoms with E-state index in [1.54, 1.807) is 18.3 Å². The molecular formula is C20H17ClN4O3S. The van der Waals surface area contributed by atoms with E-state index >= 15 is 0 Å². The highest BCUT2D eigenvalue weighted by molar-refractivity contribution is 7.22. The van der Waals surface area contributed by atoms with Crippen LogP contribution in [-0.4, -0.2) is 39.1 Å². The number of benzene rings is 1. The highest BCUT2D eigenvalue weighted by atomic mass is 35.5. The molecule has 1 fully saturated rings. The van der Waals surface area contributed by atoms with Gasteiger partial charge < -0.3 is 0 Å². The van der Waals surface area contributed by atoms with E-state index in [0.717, 1.165) is 20.7 Å². The summed E-state index contributed by atoms with van der Waals surface area (Å²) in [6, 6.07) is 9.10. The van der Waals surface area contributed by atoms with E-state index < -0.39 is 0 Å². The molecule has 7 nitrogen and oxygen atoms in total. The Morgan fingerprint density at radius 2 is 1.97 bits per heavy atom. The van der Waals surface area contributed by atoms with Gasteiger partial charge in [-0.3, -0.25) is 29.2 Å². The summed E-state index contributed by atoms with van der Waals surface area (Å²) in [7, 11) is 0. The van der Waals surface area contributed by atoms with E-state index in [9.17, 15) is 14.4 Å². The fourth-order valence-electron chi connectivity index (χ4n) is 3.14. The van der Waals surface area contributed by atoms with Gasteiger partial charge in [-0.05, 0) is 36.8 Å². The average Bonchev–Trinajstić information content (AvgIpc) is 3.29. The van der Waals surface area contributed by atoms with E-state index in [4.69, 9.17) is 11.6 Å². The molecule has 0 atom stereocenters. The van der Waals surface area contributed by atoms with Crippen molar-refractivity contribution in [1.82, 2.24) is 14.9 Å². The van der Waals surface area contributed by atoms with Gasteiger partial charge in [0.25, 0.3) is 0 Å². The van der Waals surface area contributed by atoms with Gasteiger partial charge in [0.05, 0.1) is 22.5 Å². The molecular weight excluding hydrogens is 412 g/mol. The molecule has 1 aliphatic heterocycles. The first-order valence-corrected chi connectivity index (χ1v) is 10.2. The number of carbonyl (C=O) groups is 3. The van der Waals surface area contributed by atoms with Crippen molar-refractivity contribution in [2.45, 2.75) is 26.3 Å². The Hall–Kier alpha value is -2.84. The average molecular weight is 429 g/mol. The number of thiazole rings is 1. The molecule has 3 aromatic rings. The van der Waals surface area contributed by atoms with Crippen LogP contribution in [0.4, 0.5) is 5.13 Å². The molecule has 1 saturated heterocycles. The van der Waals surface area contributed by atoms with Crippen LogP contribution in [0.15, 0.2) is 36.5 Å². The minimum absolute atomic E-state index is 0.144. The number of likely N-dealkylation sites (tertiary alicyclic amines) is 1. The van der Waals surface area contributed by atoms with Gasteiger partial charge >= 0.3 is 0 Å². The van der Waals surface area contributed by atoms with Gasteiger partial charge in [0.15, 0.2) is 5.13 Å². The predicted molar refractivity (Wildman–Crippen MR) is 111 cm³/mol. The van der Waals surface area contributed by atoms with Crippen LogP contribution in [0, 0.1) is 6.92 Å². The van der Waals surface area contributed by atoms with Gasteiger partial charge in [0.2, 0.25) is 17.7 Å². The zero-order valence-electron chi connectivity index (χ0n) is 15.6. The highest BCUT2D eigenvalue weighted by Crippen LogP contribution is 2.34. The van der Waals surface area contributed by atoms with Crippen LogP contribution in [0.3, 0.4) is 0 Å².